The third-order valence-corrected chi connectivity index (χ3v) is 11.2. The lowest BCUT2D eigenvalue weighted by Crippen LogP contribution is -2.28. The number of fused-ring (bicyclic) bond motifs is 12. The fraction of sp³-hybridized carbons (Fsp3) is 0.0426. The first-order valence-electron chi connectivity index (χ1n) is 17.8. The monoisotopic (exact) mass is 667 g/mol. The highest BCUT2D eigenvalue weighted by Crippen LogP contribution is 2.48. The zero-order valence-electron chi connectivity index (χ0n) is 27.9. The molecule has 12 rings (SSSR count). The molecule has 10 aromatic rings. The normalized spacial score (nSPS) is 16.7. The summed E-state index contributed by atoms with van der Waals surface area (Å²) in [5.41, 5.74) is 13.9. The molecule has 0 saturated carbocycles. The van der Waals surface area contributed by atoms with Gasteiger partial charge in [0.05, 0.1) is 22.6 Å². The summed E-state index contributed by atoms with van der Waals surface area (Å²) in [6, 6.07) is 47.8. The second-order valence-corrected chi connectivity index (χ2v) is 13.9. The quantitative estimate of drug-likeness (QED) is 0.188. The summed E-state index contributed by atoms with van der Waals surface area (Å²) in [5.74, 6) is 0.341. The molecule has 2 atom stereocenters. The van der Waals surface area contributed by atoms with Crippen LogP contribution in [0.4, 0.5) is 11.4 Å². The maximum absolute atomic E-state index is 6.40. The van der Waals surface area contributed by atoms with Gasteiger partial charge in [0.25, 0.3) is 0 Å². The zero-order chi connectivity index (χ0) is 33.9. The van der Waals surface area contributed by atoms with Crippen LogP contribution in [0, 0.1) is 0 Å². The van der Waals surface area contributed by atoms with Crippen molar-refractivity contribution in [3.05, 3.63) is 170 Å². The molecule has 6 aromatic carbocycles. The highest BCUT2D eigenvalue weighted by molar-refractivity contribution is 6.11. The third kappa shape index (κ3) is 3.85. The predicted molar refractivity (Wildman–Crippen MR) is 212 cm³/mol. The number of hydrogen-bond donors (Lipinski definition) is 0. The van der Waals surface area contributed by atoms with Crippen LogP contribution in [0.3, 0.4) is 0 Å². The van der Waals surface area contributed by atoms with Crippen LogP contribution in [0.2, 0.25) is 0 Å². The van der Waals surface area contributed by atoms with Crippen molar-refractivity contribution in [1.82, 2.24) is 9.55 Å². The van der Waals surface area contributed by atoms with E-state index in [0.29, 0.717) is 5.92 Å². The van der Waals surface area contributed by atoms with E-state index in [1.165, 1.54) is 16.9 Å². The molecule has 5 heteroatoms. The van der Waals surface area contributed by atoms with Crippen LogP contribution in [0.25, 0.3) is 82.6 Å². The van der Waals surface area contributed by atoms with Crippen LogP contribution in [0.15, 0.2) is 173 Å². The van der Waals surface area contributed by atoms with Gasteiger partial charge in [-0.3, -0.25) is 4.98 Å². The van der Waals surface area contributed by atoms with E-state index in [-0.39, 0.29) is 6.04 Å². The Morgan fingerprint density at radius 1 is 0.500 bits per heavy atom. The Labute approximate surface area is 297 Å². The van der Waals surface area contributed by atoms with Crippen molar-refractivity contribution in [2.75, 3.05) is 4.90 Å². The summed E-state index contributed by atoms with van der Waals surface area (Å²) in [7, 11) is 0. The molecular formula is C47H29N3O2. The van der Waals surface area contributed by atoms with Gasteiger partial charge in [0, 0.05) is 56.1 Å². The number of rotatable bonds is 3. The van der Waals surface area contributed by atoms with Gasteiger partial charge in [0.2, 0.25) is 0 Å². The molecule has 0 bridgehead atoms. The molecule has 0 fully saturated rings. The van der Waals surface area contributed by atoms with E-state index in [1.54, 1.807) is 0 Å². The summed E-state index contributed by atoms with van der Waals surface area (Å²) >= 11 is 0. The molecule has 0 amide bonds. The Morgan fingerprint density at radius 2 is 1.12 bits per heavy atom. The van der Waals surface area contributed by atoms with E-state index >= 15 is 0 Å². The molecule has 2 aliphatic rings. The first-order chi connectivity index (χ1) is 25.8. The Hall–Kier alpha value is -6.85. The maximum atomic E-state index is 6.40. The molecule has 0 N–H and O–H groups in total. The molecule has 2 unspecified atom stereocenters. The van der Waals surface area contributed by atoms with E-state index in [0.717, 1.165) is 82.6 Å². The summed E-state index contributed by atoms with van der Waals surface area (Å²) in [6.07, 6.45) is 10.8. The minimum absolute atomic E-state index is 0.247. The summed E-state index contributed by atoms with van der Waals surface area (Å²) < 4.78 is 15.1. The van der Waals surface area contributed by atoms with Gasteiger partial charge in [-0.15, -0.1) is 0 Å². The SMILES string of the molecule is C1=CC2c3ccccc3N(c3ccc4oc5ccc(-c6ccc7oc8ccc(-n9c%10ccccc%10c%10ncccc%109)cc8c7c6)cc5c4c3)C2C=C1. The van der Waals surface area contributed by atoms with Crippen molar-refractivity contribution in [2.24, 2.45) is 0 Å². The third-order valence-electron chi connectivity index (χ3n) is 11.2. The van der Waals surface area contributed by atoms with Gasteiger partial charge >= 0.3 is 0 Å². The van der Waals surface area contributed by atoms with Crippen molar-refractivity contribution in [1.29, 1.82) is 0 Å². The average molecular weight is 668 g/mol. The smallest absolute Gasteiger partial charge is 0.135 e. The largest absolute Gasteiger partial charge is 0.456 e. The first kappa shape index (κ1) is 27.9. The topological polar surface area (TPSA) is 47.3 Å². The van der Waals surface area contributed by atoms with Crippen molar-refractivity contribution < 1.29 is 8.83 Å². The van der Waals surface area contributed by atoms with E-state index in [2.05, 4.69) is 161 Å². The van der Waals surface area contributed by atoms with Crippen LogP contribution in [-0.4, -0.2) is 15.6 Å². The molecule has 0 spiro atoms. The van der Waals surface area contributed by atoms with Crippen LogP contribution < -0.4 is 4.90 Å². The number of para-hydroxylation sites is 2. The maximum Gasteiger partial charge on any atom is 0.135 e. The molecule has 0 radical (unpaired) electrons. The zero-order valence-corrected chi connectivity index (χ0v) is 27.9. The predicted octanol–water partition coefficient (Wildman–Crippen LogP) is 12.4. The number of allylic oxidation sites excluding steroid dienone is 2. The molecule has 0 saturated heterocycles. The minimum atomic E-state index is 0.247. The lowest BCUT2D eigenvalue weighted by molar-refractivity contribution is 0.668. The average Bonchev–Trinajstić information content (AvgIpc) is 3.94. The molecule has 4 aromatic heterocycles. The lowest BCUT2D eigenvalue weighted by Gasteiger charge is -2.28. The molecule has 1 aliphatic heterocycles. The Bertz CT molecular complexity index is 3120. The molecule has 5 heterocycles. The standard InChI is InChI=1S/C47H29N3O2/c1-4-11-39-32(8-1)33-9-2-5-12-40(33)49(39)30-17-21-45-37(26-30)35-24-28(15-19-43(35)51-45)29-16-20-44-36(25-29)38-27-31(18-22-46(38)52-44)50-41-13-6-3-10-34(41)47-42(50)14-7-23-48-47/h1-27,32,39H. The van der Waals surface area contributed by atoms with E-state index in [9.17, 15) is 0 Å². The molecule has 1 aliphatic carbocycles. The highest BCUT2D eigenvalue weighted by Gasteiger charge is 2.37. The summed E-state index contributed by atoms with van der Waals surface area (Å²) in [6.45, 7) is 0. The van der Waals surface area contributed by atoms with Gasteiger partial charge in [-0.25, -0.2) is 0 Å². The highest BCUT2D eigenvalue weighted by atomic mass is 16.3. The van der Waals surface area contributed by atoms with Crippen LogP contribution in [0.5, 0.6) is 0 Å². The van der Waals surface area contributed by atoms with E-state index in [1.807, 2.05) is 12.3 Å². The fourth-order valence-electron chi connectivity index (χ4n) is 8.83. The Balaban J connectivity index is 0.986. The van der Waals surface area contributed by atoms with Crippen molar-refractivity contribution in [3.8, 4) is 16.8 Å². The molecule has 52 heavy (non-hydrogen) atoms. The van der Waals surface area contributed by atoms with Gasteiger partial charge in [-0.05, 0) is 102 Å². The number of benzene rings is 6. The summed E-state index contributed by atoms with van der Waals surface area (Å²) in [5, 5.41) is 5.54. The van der Waals surface area contributed by atoms with Crippen molar-refractivity contribution in [2.45, 2.75) is 12.0 Å². The second kappa shape index (κ2) is 10.3. The molecular weight excluding hydrogens is 639 g/mol. The Kier molecular flexibility index (Phi) is 5.55. The number of nitrogens with zero attached hydrogens (tertiary/aromatic N) is 3. The van der Waals surface area contributed by atoms with Gasteiger partial charge < -0.3 is 18.3 Å². The van der Waals surface area contributed by atoms with E-state index in [4.69, 9.17) is 13.8 Å². The van der Waals surface area contributed by atoms with Gasteiger partial charge in [-0.1, -0.05) is 72.8 Å². The number of pyridine rings is 1. The van der Waals surface area contributed by atoms with Gasteiger partial charge in [0.15, 0.2) is 0 Å². The number of anilines is 2. The number of hydrogen-bond acceptors (Lipinski definition) is 4. The van der Waals surface area contributed by atoms with Crippen molar-refractivity contribution >= 4 is 77.2 Å². The number of aromatic nitrogens is 2. The summed E-state index contributed by atoms with van der Waals surface area (Å²) in [4.78, 5) is 7.21. The van der Waals surface area contributed by atoms with Gasteiger partial charge in [-0.2, -0.15) is 0 Å². The molecule has 5 nitrogen and oxygen atoms in total. The number of furan rings is 2. The lowest BCUT2D eigenvalue weighted by atomic mass is 9.91. The Morgan fingerprint density at radius 3 is 1.90 bits per heavy atom. The van der Waals surface area contributed by atoms with Crippen molar-refractivity contribution in [3.63, 3.8) is 0 Å². The minimum Gasteiger partial charge on any atom is -0.456 e. The first-order valence-corrected chi connectivity index (χ1v) is 17.8. The molecule has 244 valence electrons. The second-order valence-electron chi connectivity index (χ2n) is 13.9. The van der Waals surface area contributed by atoms with Crippen LogP contribution >= 0.6 is 0 Å². The fourth-order valence-corrected chi connectivity index (χ4v) is 8.83. The van der Waals surface area contributed by atoms with Crippen LogP contribution in [0.1, 0.15) is 11.5 Å². The van der Waals surface area contributed by atoms with Gasteiger partial charge in [0.1, 0.15) is 22.3 Å². The van der Waals surface area contributed by atoms with E-state index < -0.39 is 0 Å². The van der Waals surface area contributed by atoms with Crippen LogP contribution in [-0.2, 0) is 0 Å².